The summed E-state index contributed by atoms with van der Waals surface area (Å²) in [5.41, 5.74) is 2.13. The van der Waals surface area contributed by atoms with Gasteiger partial charge in [-0.25, -0.2) is 4.98 Å². The normalized spacial score (nSPS) is 11.2. The topological polar surface area (TPSA) is 56.7 Å². The molecule has 0 bridgehead atoms. The molecule has 0 saturated carbocycles. The van der Waals surface area contributed by atoms with Crippen LogP contribution in [-0.2, 0) is 12.8 Å². The van der Waals surface area contributed by atoms with Gasteiger partial charge in [0.15, 0.2) is 5.16 Å². The molecule has 0 aliphatic carbocycles. The number of imidazole rings is 1. The molecule has 0 amide bonds. The average Bonchev–Trinajstić information content (AvgIpc) is 2.92. The molecule has 2 heterocycles. The van der Waals surface area contributed by atoms with Crippen LogP contribution in [0.2, 0.25) is 0 Å². The van der Waals surface area contributed by atoms with Crippen molar-refractivity contribution >= 4 is 22.8 Å². The molecule has 2 aromatic heterocycles. The Bertz CT molecular complexity index is 688. The molecule has 0 unspecified atom stereocenters. The Morgan fingerprint density at radius 3 is 2.83 bits per heavy atom. The molecule has 0 spiro atoms. The third kappa shape index (κ3) is 1.99. The van der Waals surface area contributed by atoms with Crippen molar-refractivity contribution in [3.8, 4) is 0 Å². The number of fused-ring (bicyclic) bond motifs is 1. The predicted molar refractivity (Wildman–Crippen MR) is 69.3 cm³/mol. The summed E-state index contributed by atoms with van der Waals surface area (Å²) in [5.74, 6) is 1.86. The number of thioether (sulfide) groups is 1. The van der Waals surface area contributed by atoms with Gasteiger partial charge in [0.05, 0.1) is 16.8 Å². The van der Waals surface area contributed by atoms with Crippen LogP contribution in [0.15, 0.2) is 33.8 Å². The molecular weight excluding hydrogens is 248 g/mol. The highest BCUT2D eigenvalue weighted by atomic mass is 32.2. The van der Waals surface area contributed by atoms with Gasteiger partial charge >= 0.3 is 0 Å². The number of para-hydroxylation sites is 2. The SMILES string of the molecule is Cc1nnc(CSc2nc3ccccc3n2C)o1. The molecule has 3 rings (SSSR count). The quantitative estimate of drug-likeness (QED) is 0.677. The number of benzene rings is 1. The molecule has 0 aliphatic rings. The van der Waals surface area contributed by atoms with Crippen molar-refractivity contribution < 1.29 is 4.42 Å². The van der Waals surface area contributed by atoms with E-state index in [4.69, 9.17) is 4.42 Å². The molecule has 0 radical (unpaired) electrons. The van der Waals surface area contributed by atoms with Crippen molar-refractivity contribution in [1.82, 2.24) is 19.7 Å². The Hall–Kier alpha value is -1.82. The number of nitrogens with zero attached hydrogens (tertiary/aromatic N) is 4. The number of rotatable bonds is 3. The van der Waals surface area contributed by atoms with E-state index in [1.54, 1.807) is 18.7 Å². The van der Waals surface area contributed by atoms with Gasteiger partial charge in [0.2, 0.25) is 11.8 Å². The Kier molecular flexibility index (Phi) is 2.79. The zero-order valence-electron chi connectivity index (χ0n) is 10.1. The standard InChI is InChI=1S/C12H12N4OS/c1-8-14-15-11(17-8)7-18-12-13-9-5-3-4-6-10(9)16(12)2/h3-6H,7H2,1-2H3. The van der Waals surface area contributed by atoms with E-state index in [2.05, 4.69) is 25.8 Å². The first-order chi connectivity index (χ1) is 8.74. The van der Waals surface area contributed by atoms with E-state index in [1.165, 1.54) is 0 Å². The fourth-order valence-electron chi connectivity index (χ4n) is 1.77. The third-order valence-electron chi connectivity index (χ3n) is 2.64. The largest absolute Gasteiger partial charge is 0.425 e. The van der Waals surface area contributed by atoms with E-state index in [0.717, 1.165) is 16.2 Å². The zero-order chi connectivity index (χ0) is 12.5. The van der Waals surface area contributed by atoms with E-state index in [1.807, 2.05) is 25.2 Å². The summed E-state index contributed by atoms with van der Waals surface area (Å²) in [7, 11) is 2.01. The molecule has 92 valence electrons. The highest BCUT2D eigenvalue weighted by Crippen LogP contribution is 2.25. The lowest BCUT2D eigenvalue weighted by molar-refractivity contribution is 0.485. The molecule has 3 aromatic rings. The second-order valence-corrected chi connectivity index (χ2v) is 4.89. The minimum Gasteiger partial charge on any atom is -0.425 e. The minimum atomic E-state index is 0.593. The summed E-state index contributed by atoms with van der Waals surface area (Å²) in [5, 5.41) is 8.73. The van der Waals surface area contributed by atoms with Crippen LogP contribution in [0, 0.1) is 6.92 Å². The number of hydrogen-bond donors (Lipinski definition) is 0. The van der Waals surface area contributed by atoms with Gasteiger partial charge in [-0.05, 0) is 12.1 Å². The first-order valence-corrected chi connectivity index (χ1v) is 6.56. The van der Waals surface area contributed by atoms with Crippen LogP contribution < -0.4 is 0 Å². The maximum absolute atomic E-state index is 5.34. The smallest absolute Gasteiger partial charge is 0.226 e. The van der Waals surface area contributed by atoms with Gasteiger partial charge in [-0.1, -0.05) is 23.9 Å². The summed E-state index contributed by atoms with van der Waals surface area (Å²) in [6.45, 7) is 1.79. The molecule has 18 heavy (non-hydrogen) atoms. The summed E-state index contributed by atoms with van der Waals surface area (Å²) in [6, 6.07) is 8.07. The molecular formula is C12H12N4OS. The van der Waals surface area contributed by atoms with Gasteiger partial charge in [-0.15, -0.1) is 10.2 Å². The Morgan fingerprint density at radius 2 is 2.11 bits per heavy atom. The van der Waals surface area contributed by atoms with Gasteiger partial charge < -0.3 is 8.98 Å². The van der Waals surface area contributed by atoms with Crippen LogP contribution in [0.3, 0.4) is 0 Å². The molecule has 0 aliphatic heterocycles. The van der Waals surface area contributed by atoms with Gasteiger partial charge in [0.1, 0.15) is 0 Å². The highest BCUT2D eigenvalue weighted by Gasteiger charge is 2.09. The van der Waals surface area contributed by atoms with Crippen LogP contribution in [0.4, 0.5) is 0 Å². The predicted octanol–water partition coefficient (Wildman–Crippen LogP) is 2.56. The minimum absolute atomic E-state index is 0.593. The van der Waals surface area contributed by atoms with Gasteiger partial charge in [0.25, 0.3) is 0 Å². The lowest BCUT2D eigenvalue weighted by Gasteiger charge is -1.99. The Balaban J connectivity index is 1.84. The average molecular weight is 260 g/mol. The monoisotopic (exact) mass is 260 g/mol. The third-order valence-corrected chi connectivity index (χ3v) is 3.65. The van der Waals surface area contributed by atoms with E-state index >= 15 is 0 Å². The molecule has 0 saturated heterocycles. The highest BCUT2D eigenvalue weighted by molar-refractivity contribution is 7.98. The van der Waals surface area contributed by atoms with Crippen LogP contribution in [0.1, 0.15) is 11.8 Å². The first kappa shape index (κ1) is 11.3. The van der Waals surface area contributed by atoms with Gasteiger partial charge in [-0.2, -0.15) is 0 Å². The molecule has 5 nitrogen and oxygen atoms in total. The second-order valence-electron chi connectivity index (χ2n) is 3.95. The maximum atomic E-state index is 5.34. The molecule has 0 atom stereocenters. The van der Waals surface area contributed by atoms with Crippen LogP contribution >= 0.6 is 11.8 Å². The summed E-state index contributed by atoms with van der Waals surface area (Å²) < 4.78 is 7.41. The number of aromatic nitrogens is 4. The lowest BCUT2D eigenvalue weighted by Crippen LogP contribution is -1.91. The van der Waals surface area contributed by atoms with Crippen LogP contribution in [0.5, 0.6) is 0 Å². The van der Waals surface area contributed by atoms with E-state index < -0.39 is 0 Å². The number of aryl methyl sites for hydroxylation is 2. The fourth-order valence-corrected chi connectivity index (χ4v) is 2.60. The number of hydrogen-bond acceptors (Lipinski definition) is 5. The van der Waals surface area contributed by atoms with Crippen molar-refractivity contribution in [2.45, 2.75) is 17.8 Å². The summed E-state index contributed by atoms with van der Waals surface area (Å²) in [4.78, 5) is 4.57. The van der Waals surface area contributed by atoms with Crippen molar-refractivity contribution in [3.63, 3.8) is 0 Å². The van der Waals surface area contributed by atoms with Gasteiger partial charge in [0, 0.05) is 14.0 Å². The van der Waals surface area contributed by atoms with E-state index in [9.17, 15) is 0 Å². The fraction of sp³-hybridized carbons (Fsp3) is 0.250. The Morgan fingerprint density at radius 1 is 1.28 bits per heavy atom. The Labute approximate surface area is 108 Å². The van der Waals surface area contributed by atoms with Crippen molar-refractivity contribution in [2.24, 2.45) is 7.05 Å². The summed E-state index contributed by atoms with van der Waals surface area (Å²) in [6.07, 6.45) is 0. The molecule has 0 fully saturated rings. The van der Waals surface area contributed by atoms with Crippen molar-refractivity contribution in [2.75, 3.05) is 0 Å². The van der Waals surface area contributed by atoms with Crippen molar-refractivity contribution in [3.05, 3.63) is 36.0 Å². The summed E-state index contributed by atoms with van der Waals surface area (Å²) >= 11 is 1.59. The van der Waals surface area contributed by atoms with Gasteiger partial charge in [-0.3, -0.25) is 0 Å². The van der Waals surface area contributed by atoms with Crippen molar-refractivity contribution in [1.29, 1.82) is 0 Å². The second kappa shape index (κ2) is 4.45. The molecule has 1 aromatic carbocycles. The molecule has 6 heteroatoms. The lowest BCUT2D eigenvalue weighted by atomic mass is 10.3. The van der Waals surface area contributed by atoms with Crippen LogP contribution in [0.25, 0.3) is 11.0 Å². The van der Waals surface area contributed by atoms with Crippen LogP contribution in [-0.4, -0.2) is 19.7 Å². The first-order valence-electron chi connectivity index (χ1n) is 5.57. The zero-order valence-corrected chi connectivity index (χ0v) is 10.9. The van der Waals surface area contributed by atoms with E-state index in [0.29, 0.717) is 17.5 Å². The molecule has 0 N–H and O–H groups in total. The van der Waals surface area contributed by atoms with E-state index in [-0.39, 0.29) is 0 Å². The maximum Gasteiger partial charge on any atom is 0.226 e.